The molecule has 1 aromatic carbocycles. The molecule has 3 rings (SSSR count). The Morgan fingerprint density at radius 2 is 1.89 bits per heavy atom. The Balaban J connectivity index is 1.96. The van der Waals surface area contributed by atoms with Crippen molar-refractivity contribution in [2.24, 2.45) is 5.92 Å². The van der Waals surface area contributed by atoms with Gasteiger partial charge in [-0.2, -0.15) is 0 Å². The number of benzene rings is 1. The van der Waals surface area contributed by atoms with Gasteiger partial charge in [0.2, 0.25) is 0 Å². The van der Waals surface area contributed by atoms with Gasteiger partial charge in [-0.25, -0.2) is 8.42 Å². The average Bonchev–Trinajstić information content (AvgIpc) is 3.10. The molecule has 1 aliphatic carbocycles. The van der Waals surface area contributed by atoms with Crippen molar-refractivity contribution in [3.05, 3.63) is 30.3 Å². The Kier molecular flexibility index (Phi) is 2.73. The van der Waals surface area contributed by atoms with Crippen LogP contribution in [-0.4, -0.2) is 37.1 Å². The van der Waals surface area contributed by atoms with Crippen LogP contribution >= 0.6 is 0 Å². The Labute approximate surface area is 107 Å². The Bertz CT molecular complexity index is 537. The highest BCUT2D eigenvalue weighted by Gasteiger charge is 2.59. The summed E-state index contributed by atoms with van der Waals surface area (Å²) >= 11 is 0. The number of fused-ring (bicyclic) bond motifs is 1. The SMILES string of the molecule is C[C@H]1C[C@@H](O)[C@H](S(=O)(=O)c2ccccc2)[C@H]2O[C@H]21. The molecule has 5 atom stereocenters. The number of aliphatic hydroxyl groups is 1. The molecule has 5 heteroatoms. The van der Waals surface area contributed by atoms with Crippen molar-refractivity contribution >= 4 is 9.84 Å². The van der Waals surface area contributed by atoms with Crippen LogP contribution in [0.5, 0.6) is 0 Å². The van der Waals surface area contributed by atoms with E-state index in [2.05, 4.69) is 0 Å². The number of rotatable bonds is 2. The third-order valence-corrected chi connectivity index (χ3v) is 6.10. The van der Waals surface area contributed by atoms with E-state index < -0.39 is 21.2 Å². The topological polar surface area (TPSA) is 66.9 Å². The van der Waals surface area contributed by atoms with Crippen molar-refractivity contribution in [3.8, 4) is 0 Å². The predicted octanol–water partition coefficient (Wildman–Crippen LogP) is 0.997. The fourth-order valence-corrected chi connectivity index (χ4v) is 4.82. The van der Waals surface area contributed by atoms with Gasteiger partial charge in [-0.15, -0.1) is 0 Å². The van der Waals surface area contributed by atoms with E-state index in [1.807, 2.05) is 6.92 Å². The Hall–Kier alpha value is -0.910. The molecule has 0 amide bonds. The summed E-state index contributed by atoms with van der Waals surface area (Å²) in [4.78, 5) is 0.262. The quantitative estimate of drug-likeness (QED) is 0.812. The molecule has 0 radical (unpaired) electrons. The minimum Gasteiger partial charge on any atom is -0.392 e. The number of epoxide rings is 1. The standard InChI is InChI=1S/C13H16O4S/c1-8-7-10(14)13(12-11(8)17-12)18(15,16)9-5-3-2-4-6-9/h2-6,8,10-14H,7H2,1H3/t8-,10+,11-,12-,13-/m0/s1. The van der Waals surface area contributed by atoms with Crippen molar-refractivity contribution in [2.45, 2.75) is 41.8 Å². The van der Waals surface area contributed by atoms with E-state index >= 15 is 0 Å². The first-order valence-corrected chi connectivity index (χ1v) is 7.69. The van der Waals surface area contributed by atoms with Gasteiger partial charge in [-0.1, -0.05) is 25.1 Å². The van der Waals surface area contributed by atoms with E-state index in [1.54, 1.807) is 30.3 Å². The highest BCUT2D eigenvalue weighted by molar-refractivity contribution is 7.92. The van der Waals surface area contributed by atoms with Gasteiger partial charge in [0.05, 0.1) is 17.1 Å². The number of sulfone groups is 1. The molecular formula is C13H16O4S. The van der Waals surface area contributed by atoms with Gasteiger partial charge in [0, 0.05) is 0 Å². The fraction of sp³-hybridized carbons (Fsp3) is 0.538. The molecule has 2 fully saturated rings. The number of hydrogen-bond donors (Lipinski definition) is 1. The van der Waals surface area contributed by atoms with E-state index in [0.717, 1.165) is 0 Å². The van der Waals surface area contributed by atoms with Crippen molar-refractivity contribution in [1.29, 1.82) is 0 Å². The summed E-state index contributed by atoms with van der Waals surface area (Å²) in [5.41, 5.74) is 0. The molecule has 18 heavy (non-hydrogen) atoms. The second-order valence-corrected chi connectivity index (χ2v) is 7.27. The molecule has 0 bridgehead atoms. The normalized spacial score (nSPS) is 39.1. The van der Waals surface area contributed by atoms with Gasteiger partial charge < -0.3 is 9.84 Å². The molecule has 0 spiro atoms. The lowest BCUT2D eigenvalue weighted by atomic mass is 9.88. The lowest BCUT2D eigenvalue weighted by Crippen LogP contribution is -2.44. The van der Waals surface area contributed by atoms with Crippen molar-refractivity contribution in [2.75, 3.05) is 0 Å². The van der Waals surface area contributed by atoms with Gasteiger partial charge in [0.15, 0.2) is 9.84 Å². The maximum atomic E-state index is 12.5. The van der Waals surface area contributed by atoms with Gasteiger partial charge in [-0.3, -0.25) is 0 Å². The van der Waals surface area contributed by atoms with Crippen LogP contribution in [0, 0.1) is 5.92 Å². The monoisotopic (exact) mass is 268 g/mol. The highest BCUT2D eigenvalue weighted by atomic mass is 32.2. The summed E-state index contributed by atoms with van der Waals surface area (Å²) in [6.07, 6.45) is -0.697. The molecule has 1 aromatic rings. The first-order valence-electron chi connectivity index (χ1n) is 6.14. The summed E-state index contributed by atoms with van der Waals surface area (Å²) in [6.45, 7) is 1.99. The van der Waals surface area contributed by atoms with Crippen LogP contribution in [0.1, 0.15) is 13.3 Å². The van der Waals surface area contributed by atoms with Crippen molar-refractivity contribution < 1.29 is 18.3 Å². The number of ether oxygens (including phenoxy) is 1. The third kappa shape index (κ3) is 1.77. The second kappa shape index (κ2) is 4.05. The summed E-state index contributed by atoms with van der Waals surface area (Å²) in [5.74, 6) is 0.229. The van der Waals surface area contributed by atoms with E-state index in [9.17, 15) is 13.5 Å². The molecule has 1 saturated carbocycles. The molecule has 4 nitrogen and oxygen atoms in total. The summed E-state index contributed by atoms with van der Waals surface area (Å²) in [5, 5.41) is 9.26. The Morgan fingerprint density at radius 3 is 2.56 bits per heavy atom. The molecule has 0 unspecified atom stereocenters. The molecule has 1 saturated heterocycles. The maximum absolute atomic E-state index is 12.5. The number of hydrogen-bond acceptors (Lipinski definition) is 4. The minimum atomic E-state index is -3.52. The second-order valence-electron chi connectivity index (χ2n) is 5.17. The molecule has 2 aliphatic rings. The first kappa shape index (κ1) is 12.1. The molecule has 1 heterocycles. The van der Waals surface area contributed by atoms with E-state index in [4.69, 9.17) is 4.74 Å². The van der Waals surface area contributed by atoms with E-state index in [0.29, 0.717) is 6.42 Å². The fourth-order valence-electron chi connectivity index (χ4n) is 2.88. The molecule has 1 N–H and O–H groups in total. The number of aliphatic hydroxyl groups excluding tert-OH is 1. The van der Waals surface area contributed by atoms with Crippen LogP contribution in [0.4, 0.5) is 0 Å². The summed E-state index contributed by atoms with van der Waals surface area (Å²) < 4.78 is 30.4. The largest absolute Gasteiger partial charge is 0.392 e. The maximum Gasteiger partial charge on any atom is 0.186 e. The van der Waals surface area contributed by atoms with E-state index in [1.165, 1.54) is 0 Å². The van der Waals surface area contributed by atoms with Gasteiger partial charge in [-0.05, 0) is 24.5 Å². The van der Waals surface area contributed by atoms with Gasteiger partial charge >= 0.3 is 0 Å². The minimum absolute atomic E-state index is 0.00288. The average molecular weight is 268 g/mol. The molecule has 1 aliphatic heterocycles. The van der Waals surface area contributed by atoms with Crippen LogP contribution in [0.3, 0.4) is 0 Å². The lowest BCUT2D eigenvalue weighted by molar-refractivity contribution is 0.123. The zero-order chi connectivity index (χ0) is 12.9. The molecular weight excluding hydrogens is 252 g/mol. The first-order chi connectivity index (χ1) is 8.51. The van der Waals surface area contributed by atoms with Gasteiger partial charge in [0.25, 0.3) is 0 Å². The highest BCUT2D eigenvalue weighted by Crippen LogP contribution is 2.44. The van der Waals surface area contributed by atoms with Crippen LogP contribution in [-0.2, 0) is 14.6 Å². The van der Waals surface area contributed by atoms with E-state index in [-0.39, 0.29) is 23.0 Å². The van der Waals surface area contributed by atoms with Crippen LogP contribution < -0.4 is 0 Å². The van der Waals surface area contributed by atoms with Crippen LogP contribution in [0.2, 0.25) is 0 Å². The third-order valence-electron chi connectivity index (χ3n) is 3.87. The van der Waals surface area contributed by atoms with Crippen LogP contribution in [0.25, 0.3) is 0 Å². The predicted molar refractivity (Wildman–Crippen MR) is 65.9 cm³/mol. The molecule has 0 aromatic heterocycles. The lowest BCUT2D eigenvalue weighted by Gasteiger charge is -2.27. The smallest absolute Gasteiger partial charge is 0.186 e. The Morgan fingerprint density at radius 1 is 1.22 bits per heavy atom. The molecule has 98 valence electrons. The zero-order valence-corrected chi connectivity index (χ0v) is 10.9. The summed E-state index contributed by atoms with van der Waals surface area (Å²) in [6, 6.07) is 8.29. The van der Waals surface area contributed by atoms with Gasteiger partial charge in [0.1, 0.15) is 11.4 Å². The van der Waals surface area contributed by atoms with Crippen molar-refractivity contribution in [3.63, 3.8) is 0 Å². The van der Waals surface area contributed by atoms with Crippen LogP contribution in [0.15, 0.2) is 35.2 Å². The summed E-state index contributed by atoms with van der Waals surface area (Å²) in [7, 11) is -3.52. The zero-order valence-electron chi connectivity index (χ0n) is 10.1. The van der Waals surface area contributed by atoms with Crippen molar-refractivity contribution in [1.82, 2.24) is 0 Å².